The second kappa shape index (κ2) is 31.2. The van der Waals surface area contributed by atoms with Gasteiger partial charge >= 0.3 is 0 Å². The number of hydrogen-bond acceptors (Lipinski definition) is 8. The van der Waals surface area contributed by atoms with Crippen LogP contribution in [0.15, 0.2) is 36.4 Å². The fraction of sp³-hybridized carbons (Fsp3) is 0.667. The van der Waals surface area contributed by atoms with Crippen LogP contribution in [0.3, 0.4) is 0 Å². The van der Waals surface area contributed by atoms with Crippen molar-refractivity contribution in [3.8, 4) is 32.7 Å². The second-order valence-electron chi connectivity index (χ2n) is 25.5. The van der Waals surface area contributed by atoms with Crippen LogP contribution < -0.4 is 0 Å². The molecule has 0 radical (unpaired) electrons. The zero-order valence-corrected chi connectivity index (χ0v) is 54.4. The third-order valence-electron chi connectivity index (χ3n) is 19.5. The van der Waals surface area contributed by atoms with E-state index in [1.54, 1.807) is 22.3 Å². The van der Waals surface area contributed by atoms with Crippen LogP contribution in [0, 0.1) is 13.8 Å². The fourth-order valence-electron chi connectivity index (χ4n) is 15.0. The van der Waals surface area contributed by atoms with Gasteiger partial charge in [0.2, 0.25) is 0 Å². The number of unbranched alkanes of at least 4 members (excludes halogenated alkanes) is 32. The van der Waals surface area contributed by atoms with Crippen LogP contribution in [0.25, 0.3) is 64.2 Å². The van der Waals surface area contributed by atoms with E-state index in [0.717, 1.165) is 22.1 Å². The van der Waals surface area contributed by atoms with Gasteiger partial charge in [-0.05, 0) is 109 Å². The molecule has 2 aliphatic rings. The molecule has 2 aliphatic carbocycles. The van der Waals surface area contributed by atoms with Crippen molar-refractivity contribution < 1.29 is 0 Å². The summed E-state index contributed by atoms with van der Waals surface area (Å²) in [5.41, 5.74) is 19.1. The molecule has 0 spiro atoms. The van der Waals surface area contributed by atoms with Gasteiger partial charge < -0.3 is 0 Å². The summed E-state index contributed by atoms with van der Waals surface area (Å²) in [7, 11) is 0. The second-order valence-corrected chi connectivity index (χ2v) is 28.9. The van der Waals surface area contributed by atoms with Gasteiger partial charge in [0.05, 0.1) is 23.5 Å². The highest BCUT2D eigenvalue weighted by atomic mass is 32.1. The maximum absolute atomic E-state index is 5.44. The first kappa shape index (κ1) is 61.5. The van der Waals surface area contributed by atoms with Gasteiger partial charge in [0.25, 0.3) is 0 Å². The Hall–Kier alpha value is -3.04. The van der Waals surface area contributed by atoms with Gasteiger partial charge in [0, 0.05) is 46.7 Å². The van der Waals surface area contributed by atoms with E-state index in [1.807, 2.05) is 22.7 Å². The minimum Gasteiger partial charge on any atom is -0.173 e. The molecule has 0 aliphatic heterocycles. The van der Waals surface area contributed by atoms with Gasteiger partial charge in [0.15, 0.2) is 0 Å². The minimum atomic E-state index is -0.108. The lowest BCUT2D eigenvalue weighted by Gasteiger charge is -2.35. The molecule has 0 bridgehead atoms. The van der Waals surface area contributed by atoms with E-state index < -0.39 is 0 Å². The van der Waals surface area contributed by atoms with Crippen molar-refractivity contribution in [3.05, 3.63) is 69.1 Å². The molecule has 4 nitrogen and oxygen atoms in total. The summed E-state index contributed by atoms with van der Waals surface area (Å²) in [5, 5.41) is 0. The lowest BCUT2D eigenvalue weighted by atomic mass is 9.68. The molecule has 0 saturated carbocycles. The minimum absolute atomic E-state index is 0.0651. The number of aryl methyl sites for hydroxylation is 2. The van der Waals surface area contributed by atoms with Gasteiger partial charge in [0.1, 0.15) is 22.1 Å². The summed E-state index contributed by atoms with van der Waals surface area (Å²) < 4.78 is 23.9. The first-order valence-electron chi connectivity index (χ1n) is 33.6. The zero-order valence-electron chi connectivity index (χ0n) is 51.2. The Balaban J connectivity index is 1.16. The Morgan fingerprint density at radius 1 is 0.312 bits per heavy atom. The van der Waals surface area contributed by atoms with Crippen molar-refractivity contribution in [2.45, 2.75) is 309 Å². The first-order chi connectivity index (χ1) is 39.4. The molecule has 4 aromatic heterocycles. The number of thiophene rings is 2. The van der Waals surface area contributed by atoms with Crippen LogP contribution in [-0.4, -0.2) is 17.5 Å². The van der Waals surface area contributed by atoms with Gasteiger partial charge in [-0.2, -0.15) is 17.5 Å². The van der Waals surface area contributed by atoms with Crippen LogP contribution in [0.5, 0.6) is 0 Å². The predicted molar refractivity (Wildman–Crippen MR) is 356 cm³/mol. The molecule has 80 heavy (non-hydrogen) atoms. The average Bonchev–Trinajstić information content (AvgIpc) is 4.45. The molecule has 436 valence electrons. The van der Waals surface area contributed by atoms with Crippen molar-refractivity contribution in [1.29, 1.82) is 0 Å². The third kappa shape index (κ3) is 14.4. The van der Waals surface area contributed by atoms with Crippen molar-refractivity contribution in [2.24, 2.45) is 0 Å². The van der Waals surface area contributed by atoms with Crippen LogP contribution >= 0.6 is 46.1 Å². The van der Waals surface area contributed by atoms with E-state index in [2.05, 4.69) is 77.9 Å². The molecule has 3 aromatic carbocycles. The molecular weight excluding hydrogens is 1050 g/mol. The van der Waals surface area contributed by atoms with Crippen molar-refractivity contribution in [3.63, 3.8) is 0 Å². The van der Waals surface area contributed by atoms with Crippen LogP contribution in [0.1, 0.15) is 317 Å². The van der Waals surface area contributed by atoms with E-state index in [4.69, 9.17) is 17.5 Å². The lowest BCUT2D eigenvalue weighted by molar-refractivity contribution is 0.393. The Morgan fingerprint density at radius 2 is 0.637 bits per heavy atom. The monoisotopic (exact) mass is 1150 g/mol. The normalized spacial score (nSPS) is 14.1. The molecule has 0 unspecified atom stereocenters. The van der Waals surface area contributed by atoms with E-state index in [-0.39, 0.29) is 10.8 Å². The van der Waals surface area contributed by atoms with Gasteiger partial charge in [-0.25, -0.2) is 0 Å². The first-order valence-corrected chi connectivity index (χ1v) is 36.7. The molecule has 4 heterocycles. The maximum atomic E-state index is 5.44. The van der Waals surface area contributed by atoms with Gasteiger partial charge in [-0.1, -0.05) is 265 Å². The Bertz CT molecular complexity index is 2910. The highest BCUT2D eigenvalue weighted by Gasteiger charge is 2.50. The number of fused-ring (bicyclic) bond motifs is 11. The molecule has 0 N–H and O–H groups in total. The molecule has 9 rings (SSSR count). The number of benzene rings is 3. The van der Waals surface area contributed by atoms with Crippen LogP contribution in [-0.2, 0) is 10.8 Å². The maximum Gasteiger partial charge on any atom is 0.114 e. The zero-order chi connectivity index (χ0) is 55.6. The lowest BCUT2D eigenvalue weighted by Crippen LogP contribution is -2.27. The summed E-state index contributed by atoms with van der Waals surface area (Å²) in [5.74, 6) is 0. The Labute approximate surface area is 502 Å². The number of nitrogens with zero attached hydrogens (tertiary/aromatic N) is 4. The predicted octanol–water partition coefficient (Wildman–Crippen LogP) is 25.5. The van der Waals surface area contributed by atoms with Crippen LogP contribution in [0.4, 0.5) is 0 Å². The summed E-state index contributed by atoms with van der Waals surface area (Å²) in [4.78, 5) is 2.75. The fourth-order valence-corrected chi connectivity index (χ4v) is 18.5. The van der Waals surface area contributed by atoms with Gasteiger partial charge in [-0.3, -0.25) is 0 Å². The summed E-state index contributed by atoms with van der Waals surface area (Å²) in [6.45, 7) is 13.9. The van der Waals surface area contributed by atoms with Crippen molar-refractivity contribution in [1.82, 2.24) is 17.5 Å². The Morgan fingerprint density at radius 3 is 1.04 bits per heavy atom. The van der Waals surface area contributed by atoms with Crippen molar-refractivity contribution in [2.75, 3.05) is 0 Å². The van der Waals surface area contributed by atoms with Gasteiger partial charge in [-0.15, -0.1) is 22.7 Å². The van der Waals surface area contributed by atoms with E-state index in [9.17, 15) is 0 Å². The SMILES string of the molecule is CCCCCCCCCCCC1(CCCCCCCCCCC)c2cc3c(cc2-c2c1cc(C)c1nsnc21)C(CCCCCCCCCCC)(CCCCCCCCCCC)c1cc(-c2cc4sc(C)cc4s2)c2nsnc2c1-3. The standard InChI is InChI=1S/C72H104N4S4/c1-7-11-15-19-23-27-31-35-39-43-71(44-40-36-32-28-24-20-16-12-8-2)58-50-56-59(49-55(58)65-60(71)47-53(5)67-69(65)75-79-73-67)72(45-41-37-33-29-25-21-17-13-9-3,46-42-38-34-30-26-22-18-14-10-4)61-51-57(68-70(66(56)61)76-80-74-68)62-52-64-63(78-62)48-54(6)77-64/h47-52H,7-46H2,1-6H3. The largest absolute Gasteiger partial charge is 0.173 e. The summed E-state index contributed by atoms with van der Waals surface area (Å²) >= 11 is 6.77. The number of rotatable bonds is 41. The molecule has 0 atom stereocenters. The molecule has 0 amide bonds. The topological polar surface area (TPSA) is 51.6 Å². The van der Waals surface area contributed by atoms with Crippen LogP contribution in [0.2, 0.25) is 0 Å². The molecule has 0 fully saturated rings. The highest BCUT2D eigenvalue weighted by Crippen LogP contribution is 2.63. The highest BCUT2D eigenvalue weighted by molar-refractivity contribution is 7.29. The van der Waals surface area contributed by atoms with E-state index in [1.165, 1.54) is 333 Å². The third-order valence-corrected chi connectivity index (χ3v) is 22.7. The number of hydrogen-bond donors (Lipinski definition) is 0. The molecule has 0 saturated heterocycles. The quantitative estimate of drug-likeness (QED) is 0.0359. The Kier molecular flexibility index (Phi) is 24.0. The van der Waals surface area contributed by atoms with E-state index >= 15 is 0 Å². The summed E-state index contributed by atoms with van der Waals surface area (Å²) in [6.07, 6.45) is 53.5. The smallest absolute Gasteiger partial charge is 0.114 e. The summed E-state index contributed by atoms with van der Waals surface area (Å²) in [6, 6.07) is 15.9. The molecule has 8 heteroatoms. The van der Waals surface area contributed by atoms with Crippen molar-refractivity contribution >= 4 is 77.6 Å². The molecular formula is C72H104N4S4. The molecule has 7 aromatic rings. The van der Waals surface area contributed by atoms with E-state index in [0.29, 0.717) is 0 Å². The number of aromatic nitrogens is 4. The average molecular weight is 1150 g/mol.